The average Bonchev–Trinajstić information content (AvgIpc) is 2.71. The van der Waals surface area contributed by atoms with Crippen LogP contribution < -0.4 is 10.1 Å². The van der Waals surface area contributed by atoms with E-state index in [0.29, 0.717) is 16.7 Å². The Balaban J connectivity index is 1.38. The Bertz CT molecular complexity index is 760. The van der Waals surface area contributed by atoms with E-state index in [2.05, 4.69) is 15.1 Å². The molecule has 1 aliphatic rings. The van der Waals surface area contributed by atoms with E-state index in [1.807, 2.05) is 43.3 Å². The van der Waals surface area contributed by atoms with Crippen LogP contribution in [0.15, 0.2) is 48.5 Å². The third-order valence-corrected chi connectivity index (χ3v) is 5.44. The van der Waals surface area contributed by atoms with Crippen molar-refractivity contribution in [1.29, 1.82) is 0 Å². The Morgan fingerprint density at radius 1 is 1.00 bits per heavy atom. The van der Waals surface area contributed by atoms with Gasteiger partial charge in [0.2, 0.25) is 5.91 Å². The molecule has 150 valence electrons. The van der Waals surface area contributed by atoms with Crippen LogP contribution in [-0.4, -0.2) is 61.1 Å². The summed E-state index contributed by atoms with van der Waals surface area (Å²) in [5.41, 5.74) is 0.763. The van der Waals surface area contributed by atoms with Crippen LogP contribution in [0.5, 0.6) is 5.75 Å². The number of amides is 1. The first-order valence-corrected chi connectivity index (χ1v) is 10.2. The zero-order valence-corrected chi connectivity index (χ0v) is 17.4. The first-order valence-electron chi connectivity index (χ1n) is 9.42. The van der Waals surface area contributed by atoms with Crippen LogP contribution in [0, 0.1) is 0 Å². The summed E-state index contributed by atoms with van der Waals surface area (Å²) in [4.78, 5) is 17.1. The molecule has 5 nitrogen and oxygen atoms in total. The Labute approximate surface area is 176 Å². The molecule has 0 spiro atoms. The van der Waals surface area contributed by atoms with Crippen LogP contribution in [0.25, 0.3) is 0 Å². The third-order valence-electron chi connectivity index (χ3n) is 4.94. The number of hydrogen-bond acceptors (Lipinski definition) is 4. The summed E-state index contributed by atoms with van der Waals surface area (Å²) < 4.78 is 5.76. The number of nitrogens with one attached hydrogen (secondary N) is 1. The molecule has 0 radical (unpaired) electrons. The lowest BCUT2D eigenvalue weighted by molar-refractivity contribution is -0.121. The van der Waals surface area contributed by atoms with E-state index in [9.17, 15) is 4.79 Å². The van der Waals surface area contributed by atoms with Crippen LogP contribution >= 0.6 is 23.2 Å². The van der Waals surface area contributed by atoms with Crippen molar-refractivity contribution < 1.29 is 9.53 Å². The summed E-state index contributed by atoms with van der Waals surface area (Å²) in [6.45, 7) is 7.00. The number of hydrogen-bond donors (Lipinski definition) is 1. The summed E-state index contributed by atoms with van der Waals surface area (Å²) in [5.74, 6) is 0.831. The maximum Gasteiger partial charge on any atom is 0.241 e. The van der Waals surface area contributed by atoms with Crippen LogP contribution in [-0.2, 0) is 4.79 Å². The second-order valence-corrected chi connectivity index (χ2v) is 7.72. The molecule has 1 unspecified atom stereocenters. The average molecular weight is 422 g/mol. The van der Waals surface area contributed by atoms with Crippen LogP contribution in [0.2, 0.25) is 10.0 Å². The molecule has 1 saturated heterocycles. The molecule has 0 bridgehead atoms. The molecule has 2 aromatic rings. The summed E-state index contributed by atoms with van der Waals surface area (Å²) in [7, 11) is 0. The van der Waals surface area contributed by atoms with Crippen LogP contribution in [0.1, 0.15) is 6.92 Å². The van der Waals surface area contributed by atoms with Gasteiger partial charge >= 0.3 is 0 Å². The van der Waals surface area contributed by atoms with Crippen molar-refractivity contribution in [3.8, 4) is 5.75 Å². The van der Waals surface area contributed by atoms with Gasteiger partial charge < -0.3 is 10.1 Å². The normalized spacial score (nSPS) is 16.5. The fraction of sp³-hybridized carbons (Fsp3) is 0.381. The molecule has 7 heteroatoms. The number of benzene rings is 2. The molecule has 2 aromatic carbocycles. The molecule has 0 saturated carbocycles. The second-order valence-electron chi connectivity index (χ2n) is 6.85. The summed E-state index contributed by atoms with van der Waals surface area (Å²) in [6, 6.07) is 14.4. The molecule has 1 N–H and O–H groups in total. The van der Waals surface area contributed by atoms with Crippen LogP contribution in [0.4, 0.5) is 5.69 Å². The number of carbonyl (C=O) groups is 1. The number of ether oxygens (including phenoxy) is 1. The van der Waals surface area contributed by atoms with Crippen LogP contribution in [0.3, 0.4) is 0 Å². The molecule has 0 aliphatic carbocycles. The Kier molecular flexibility index (Phi) is 7.57. The van der Waals surface area contributed by atoms with Crippen molar-refractivity contribution in [3.63, 3.8) is 0 Å². The number of piperazine rings is 1. The minimum atomic E-state index is -0.178. The molecular formula is C21H25Cl2N3O2. The molecular weight excluding hydrogens is 397 g/mol. The molecule has 1 heterocycles. The van der Waals surface area contributed by atoms with E-state index in [1.54, 1.807) is 12.1 Å². The number of rotatable bonds is 7. The quantitative estimate of drug-likeness (QED) is 0.732. The van der Waals surface area contributed by atoms with Gasteiger partial charge in [0.1, 0.15) is 12.4 Å². The lowest BCUT2D eigenvalue weighted by Gasteiger charge is -2.37. The molecule has 1 fully saturated rings. The van der Waals surface area contributed by atoms with E-state index < -0.39 is 0 Å². The van der Waals surface area contributed by atoms with Gasteiger partial charge in [-0.15, -0.1) is 0 Å². The molecule has 28 heavy (non-hydrogen) atoms. The van der Waals surface area contributed by atoms with Gasteiger partial charge in [-0.25, -0.2) is 0 Å². The lowest BCUT2D eigenvalue weighted by Crippen LogP contribution is -2.53. The van der Waals surface area contributed by atoms with Gasteiger partial charge in [-0.1, -0.05) is 23.2 Å². The van der Waals surface area contributed by atoms with E-state index in [0.717, 1.165) is 44.2 Å². The molecule has 1 atom stereocenters. The van der Waals surface area contributed by atoms with E-state index in [-0.39, 0.29) is 11.9 Å². The van der Waals surface area contributed by atoms with Crippen molar-refractivity contribution >= 4 is 34.8 Å². The van der Waals surface area contributed by atoms with Gasteiger partial charge in [-0.2, -0.15) is 0 Å². The standard InChI is InChI=1S/C21H25Cl2N3O2/c1-16(21(27)24-19-6-2-17(22)3-7-19)26-12-10-25(11-13-26)14-15-28-20-8-4-18(23)5-9-20/h2-9,16H,10-15H2,1H3,(H,24,27). The molecule has 1 aliphatic heterocycles. The second kappa shape index (κ2) is 10.1. The highest BCUT2D eigenvalue weighted by Crippen LogP contribution is 2.16. The van der Waals surface area contributed by atoms with Crippen molar-refractivity contribution in [3.05, 3.63) is 58.6 Å². The maximum absolute atomic E-state index is 12.5. The van der Waals surface area contributed by atoms with Crippen molar-refractivity contribution in [1.82, 2.24) is 9.80 Å². The van der Waals surface area contributed by atoms with Gasteiger partial charge in [-0.3, -0.25) is 14.6 Å². The molecule has 3 rings (SSSR count). The molecule has 1 amide bonds. The number of nitrogens with zero attached hydrogens (tertiary/aromatic N) is 2. The van der Waals surface area contributed by atoms with Gasteiger partial charge in [0.05, 0.1) is 6.04 Å². The first kappa shape index (κ1) is 20.9. The fourth-order valence-electron chi connectivity index (χ4n) is 3.14. The lowest BCUT2D eigenvalue weighted by atomic mass is 10.2. The van der Waals surface area contributed by atoms with E-state index >= 15 is 0 Å². The smallest absolute Gasteiger partial charge is 0.241 e. The highest BCUT2D eigenvalue weighted by molar-refractivity contribution is 6.30. The first-order chi connectivity index (χ1) is 13.5. The minimum absolute atomic E-state index is 0.00171. The fourth-order valence-corrected chi connectivity index (χ4v) is 3.40. The van der Waals surface area contributed by atoms with Gasteiger partial charge in [0, 0.05) is 48.5 Å². The zero-order valence-electron chi connectivity index (χ0n) is 15.9. The van der Waals surface area contributed by atoms with Crippen molar-refractivity contribution in [2.75, 3.05) is 44.6 Å². The van der Waals surface area contributed by atoms with Gasteiger partial charge in [0.25, 0.3) is 0 Å². The molecule has 0 aromatic heterocycles. The number of anilines is 1. The predicted octanol–water partition coefficient (Wildman–Crippen LogP) is 4.02. The monoisotopic (exact) mass is 421 g/mol. The Morgan fingerprint density at radius 3 is 2.18 bits per heavy atom. The third kappa shape index (κ3) is 6.11. The Morgan fingerprint density at radius 2 is 1.57 bits per heavy atom. The van der Waals surface area contributed by atoms with Gasteiger partial charge in [0.15, 0.2) is 0 Å². The van der Waals surface area contributed by atoms with E-state index in [1.165, 1.54) is 0 Å². The highest BCUT2D eigenvalue weighted by Gasteiger charge is 2.25. The van der Waals surface area contributed by atoms with Crippen molar-refractivity contribution in [2.24, 2.45) is 0 Å². The summed E-state index contributed by atoms with van der Waals surface area (Å²) in [5, 5.41) is 4.31. The zero-order chi connectivity index (χ0) is 19.9. The summed E-state index contributed by atoms with van der Waals surface area (Å²) >= 11 is 11.8. The Hall–Kier alpha value is -1.79. The topological polar surface area (TPSA) is 44.8 Å². The minimum Gasteiger partial charge on any atom is -0.492 e. The largest absolute Gasteiger partial charge is 0.492 e. The number of halogens is 2. The predicted molar refractivity (Wildman–Crippen MR) is 115 cm³/mol. The summed E-state index contributed by atoms with van der Waals surface area (Å²) in [6.07, 6.45) is 0. The number of carbonyl (C=O) groups excluding carboxylic acids is 1. The SMILES string of the molecule is CC(C(=O)Nc1ccc(Cl)cc1)N1CCN(CCOc2ccc(Cl)cc2)CC1. The van der Waals surface area contributed by atoms with E-state index in [4.69, 9.17) is 27.9 Å². The van der Waals surface area contributed by atoms with Gasteiger partial charge in [-0.05, 0) is 55.5 Å². The maximum atomic E-state index is 12.5. The van der Waals surface area contributed by atoms with Crippen molar-refractivity contribution in [2.45, 2.75) is 13.0 Å². The highest BCUT2D eigenvalue weighted by atomic mass is 35.5.